The number of nitrogens with zero attached hydrogens (tertiary/aromatic N) is 2. The first-order valence-electron chi connectivity index (χ1n) is 8.18. The highest BCUT2D eigenvalue weighted by molar-refractivity contribution is 7.88. The van der Waals surface area contributed by atoms with Crippen LogP contribution in [0.5, 0.6) is 0 Å². The molecule has 9 heteroatoms. The van der Waals surface area contributed by atoms with Crippen molar-refractivity contribution >= 4 is 15.9 Å². The molecule has 5 nitrogen and oxygen atoms in total. The minimum Gasteiger partial charge on any atom is -0.344 e. The molecule has 2 rings (SSSR count). The van der Waals surface area contributed by atoms with Crippen LogP contribution in [0.4, 0.5) is 13.2 Å². The van der Waals surface area contributed by atoms with Gasteiger partial charge in [0.2, 0.25) is 15.9 Å². The molecule has 1 aromatic carbocycles. The van der Waals surface area contributed by atoms with E-state index in [4.69, 9.17) is 0 Å². The summed E-state index contributed by atoms with van der Waals surface area (Å²) in [4.78, 5) is 13.9. The summed E-state index contributed by atoms with van der Waals surface area (Å²) in [6.45, 7) is 0.444. The number of likely N-dealkylation sites (N-methyl/N-ethyl adjacent to an activating group) is 2. The van der Waals surface area contributed by atoms with Crippen LogP contribution in [0.15, 0.2) is 24.3 Å². The Labute approximate surface area is 151 Å². The molecule has 0 radical (unpaired) electrons. The minimum atomic E-state index is -4.38. The van der Waals surface area contributed by atoms with Crippen LogP contribution >= 0.6 is 0 Å². The van der Waals surface area contributed by atoms with E-state index in [-0.39, 0.29) is 25.4 Å². The molecular formula is C17H23F3N2O3S. The van der Waals surface area contributed by atoms with Crippen molar-refractivity contribution in [2.75, 3.05) is 33.4 Å². The lowest BCUT2D eigenvalue weighted by atomic mass is 9.91. The summed E-state index contributed by atoms with van der Waals surface area (Å²) >= 11 is 0. The van der Waals surface area contributed by atoms with Gasteiger partial charge in [0.25, 0.3) is 0 Å². The van der Waals surface area contributed by atoms with Gasteiger partial charge in [0.1, 0.15) is 0 Å². The number of halogens is 3. The van der Waals surface area contributed by atoms with Crippen molar-refractivity contribution in [1.82, 2.24) is 9.21 Å². The summed E-state index contributed by atoms with van der Waals surface area (Å²) < 4.78 is 61.9. The van der Waals surface area contributed by atoms with E-state index >= 15 is 0 Å². The molecule has 0 heterocycles. The van der Waals surface area contributed by atoms with Crippen molar-refractivity contribution in [2.45, 2.75) is 30.9 Å². The summed E-state index contributed by atoms with van der Waals surface area (Å²) in [5.41, 5.74) is -0.372. The number of alkyl halides is 3. The lowest BCUT2D eigenvalue weighted by Crippen LogP contribution is -2.38. The average Bonchev–Trinajstić information content (AvgIpc) is 3.31. The fraction of sp³-hybridized carbons (Fsp3) is 0.588. The Kier molecular flexibility index (Phi) is 5.72. The van der Waals surface area contributed by atoms with Gasteiger partial charge >= 0.3 is 6.18 Å². The van der Waals surface area contributed by atoms with Crippen molar-refractivity contribution in [3.8, 4) is 0 Å². The maximum atomic E-state index is 12.7. The fourth-order valence-electron chi connectivity index (χ4n) is 2.74. The van der Waals surface area contributed by atoms with Gasteiger partial charge in [0, 0.05) is 39.0 Å². The molecule has 0 atom stereocenters. The quantitative estimate of drug-likeness (QED) is 0.716. The van der Waals surface area contributed by atoms with Gasteiger partial charge in [-0.1, -0.05) is 12.1 Å². The van der Waals surface area contributed by atoms with E-state index in [2.05, 4.69) is 0 Å². The number of carbonyl (C=O) groups is 1. The third-order valence-electron chi connectivity index (χ3n) is 4.91. The highest BCUT2D eigenvalue weighted by Gasteiger charge is 2.46. The maximum Gasteiger partial charge on any atom is 0.416 e. The number of benzene rings is 1. The normalized spacial score (nSPS) is 16.6. The number of carbonyl (C=O) groups excluding carboxylic acids is 1. The summed E-state index contributed by atoms with van der Waals surface area (Å²) in [5, 5.41) is 0. The van der Waals surface area contributed by atoms with E-state index in [9.17, 15) is 26.4 Å². The van der Waals surface area contributed by atoms with Gasteiger partial charge in [-0.2, -0.15) is 13.2 Å². The minimum absolute atomic E-state index is 0.149. The topological polar surface area (TPSA) is 57.7 Å². The highest BCUT2D eigenvalue weighted by atomic mass is 32.2. The second-order valence-corrected chi connectivity index (χ2v) is 9.02. The van der Waals surface area contributed by atoms with E-state index < -0.39 is 27.2 Å². The lowest BCUT2D eigenvalue weighted by molar-refractivity contribution is -0.137. The van der Waals surface area contributed by atoms with Crippen LogP contribution in [0.2, 0.25) is 0 Å². The van der Waals surface area contributed by atoms with Gasteiger partial charge in [-0.05, 0) is 30.5 Å². The van der Waals surface area contributed by atoms with Crippen LogP contribution in [0.25, 0.3) is 0 Å². The molecule has 1 saturated carbocycles. The molecular weight excluding hydrogens is 369 g/mol. The lowest BCUT2D eigenvalue weighted by Gasteiger charge is -2.24. The molecule has 1 amide bonds. The van der Waals surface area contributed by atoms with Crippen molar-refractivity contribution in [3.63, 3.8) is 0 Å². The van der Waals surface area contributed by atoms with Gasteiger partial charge in [-0.25, -0.2) is 12.7 Å². The molecule has 0 N–H and O–H groups in total. The van der Waals surface area contributed by atoms with Crippen molar-refractivity contribution in [3.05, 3.63) is 35.4 Å². The summed E-state index contributed by atoms with van der Waals surface area (Å²) in [6, 6.07) is 4.98. The molecule has 0 spiro atoms. The number of amides is 1. The Morgan fingerprint density at radius 1 is 1.12 bits per heavy atom. The van der Waals surface area contributed by atoms with E-state index in [1.807, 2.05) is 0 Å². The van der Waals surface area contributed by atoms with Crippen molar-refractivity contribution in [2.24, 2.45) is 0 Å². The zero-order valence-electron chi connectivity index (χ0n) is 15.0. The smallest absolute Gasteiger partial charge is 0.344 e. The summed E-state index contributed by atoms with van der Waals surface area (Å²) in [7, 11) is -0.261. The number of rotatable bonds is 7. The predicted molar refractivity (Wildman–Crippen MR) is 92.1 cm³/mol. The summed E-state index contributed by atoms with van der Waals surface area (Å²) in [6.07, 6.45) is -1.57. The third-order valence-corrected chi connectivity index (χ3v) is 6.22. The van der Waals surface area contributed by atoms with Gasteiger partial charge in [-0.15, -0.1) is 0 Å². The fourth-order valence-corrected chi connectivity index (χ4v) is 3.15. The van der Waals surface area contributed by atoms with Crippen molar-refractivity contribution in [1.29, 1.82) is 0 Å². The second kappa shape index (κ2) is 7.19. The van der Waals surface area contributed by atoms with E-state index in [0.717, 1.165) is 36.8 Å². The molecule has 1 fully saturated rings. The van der Waals surface area contributed by atoms with Gasteiger partial charge < -0.3 is 4.90 Å². The zero-order valence-corrected chi connectivity index (χ0v) is 15.8. The van der Waals surface area contributed by atoms with Crippen LogP contribution in [0, 0.1) is 0 Å². The van der Waals surface area contributed by atoms with E-state index in [0.29, 0.717) is 0 Å². The Morgan fingerprint density at radius 2 is 1.65 bits per heavy atom. The standard InChI is InChI=1S/C17H23F3N2O3S/c1-21(10-11-22(2)26(3,24)25)15(23)12-16(8-9-16)13-4-6-14(7-5-13)17(18,19)20/h4-7H,8-12H2,1-3H3. The first-order chi connectivity index (χ1) is 11.8. The first kappa shape index (κ1) is 20.7. The Morgan fingerprint density at radius 3 is 2.08 bits per heavy atom. The largest absolute Gasteiger partial charge is 0.416 e. The van der Waals surface area contributed by atoms with Gasteiger partial charge in [-0.3, -0.25) is 4.79 Å². The average molecular weight is 392 g/mol. The van der Waals surface area contributed by atoms with Crippen LogP contribution in [-0.4, -0.2) is 57.0 Å². The molecule has 1 aliphatic carbocycles. The predicted octanol–water partition coefficient (Wildman–Crippen LogP) is 2.48. The van der Waals surface area contributed by atoms with E-state index in [1.165, 1.54) is 28.4 Å². The number of hydrogen-bond acceptors (Lipinski definition) is 3. The molecule has 0 unspecified atom stereocenters. The third kappa shape index (κ3) is 4.97. The van der Waals surface area contributed by atoms with Crippen LogP contribution in [-0.2, 0) is 26.4 Å². The molecule has 1 aliphatic rings. The van der Waals surface area contributed by atoms with Crippen LogP contribution in [0.1, 0.15) is 30.4 Å². The van der Waals surface area contributed by atoms with Gasteiger partial charge in [0.15, 0.2) is 0 Å². The maximum absolute atomic E-state index is 12.7. The Bertz CT molecular complexity index is 756. The SMILES string of the molecule is CN(CCN(C)S(C)(=O)=O)C(=O)CC1(c2ccc(C(F)(F)F)cc2)CC1. The highest BCUT2D eigenvalue weighted by Crippen LogP contribution is 2.51. The first-order valence-corrected chi connectivity index (χ1v) is 10.0. The molecule has 0 aromatic heterocycles. The zero-order chi connectivity index (χ0) is 19.8. The molecule has 1 aromatic rings. The summed E-state index contributed by atoms with van der Waals surface area (Å²) in [5.74, 6) is -0.149. The molecule has 0 bridgehead atoms. The Balaban J connectivity index is 1.97. The van der Waals surface area contributed by atoms with Crippen LogP contribution in [0.3, 0.4) is 0 Å². The van der Waals surface area contributed by atoms with Crippen molar-refractivity contribution < 1.29 is 26.4 Å². The monoisotopic (exact) mass is 392 g/mol. The second-order valence-electron chi connectivity index (χ2n) is 6.93. The molecule has 146 valence electrons. The number of sulfonamides is 1. The number of hydrogen-bond donors (Lipinski definition) is 0. The molecule has 0 saturated heterocycles. The molecule has 26 heavy (non-hydrogen) atoms. The van der Waals surface area contributed by atoms with Gasteiger partial charge in [0.05, 0.1) is 11.8 Å². The Hall–Kier alpha value is -1.61. The van der Waals surface area contributed by atoms with E-state index in [1.54, 1.807) is 7.05 Å². The molecule has 0 aliphatic heterocycles. The van der Waals surface area contributed by atoms with Crippen LogP contribution < -0.4 is 0 Å².